The van der Waals surface area contributed by atoms with Gasteiger partial charge in [-0.05, 0) is 56.2 Å². The summed E-state index contributed by atoms with van der Waals surface area (Å²) in [5, 5.41) is 8.84. The van der Waals surface area contributed by atoms with E-state index in [2.05, 4.69) is 4.90 Å². The summed E-state index contributed by atoms with van der Waals surface area (Å²) in [7, 11) is 0. The number of rotatable bonds is 2. The fourth-order valence-corrected chi connectivity index (χ4v) is 4.80. The monoisotopic (exact) mass is 344 g/mol. The number of carbonyl (C=O) groups excluding carboxylic acids is 1. The smallest absolute Gasteiger partial charge is 0.274 e. The second kappa shape index (κ2) is 6.96. The maximum atomic E-state index is 11.7. The minimum absolute atomic E-state index is 0.0769. The van der Waals surface area contributed by atoms with Crippen LogP contribution in [0.1, 0.15) is 67.3 Å². The van der Waals surface area contributed by atoms with Gasteiger partial charge in [-0.3, -0.25) is 10.0 Å². The van der Waals surface area contributed by atoms with E-state index in [-0.39, 0.29) is 5.60 Å². The van der Waals surface area contributed by atoms with Crippen molar-refractivity contribution in [2.75, 3.05) is 13.1 Å². The first-order valence-electron chi connectivity index (χ1n) is 9.70. The number of benzene rings is 1. The Bertz CT molecular complexity index is 632. The van der Waals surface area contributed by atoms with Crippen LogP contribution in [0.15, 0.2) is 18.2 Å². The molecule has 136 valence electrons. The number of hydroxylamine groups is 1. The number of amides is 1. The van der Waals surface area contributed by atoms with Gasteiger partial charge < -0.3 is 9.64 Å². The van der Waals surface area contributed by atoms with E-state index in [0.717, 1.165) is 56.1 Å². The molecule has 1 saturated heterocycles. The lowest BCUT2D eigenvalue weighted by atomic mass is 9.81. The topological polar surface area (TPSA) is 61.8 Å². The highest BCUT2D eigenvalue weighted by molar-refractivity contribution is 5.93. The largest absolute Gasteiger partial charge is 0.487 e. The number of nitrogens with zero attached hydrogens (tertiary/aromatic N) is 1. The Morgan fingerprint density at radius 1 is 1.16 bits per heavy atom. The van der Waals surface area contributed by atoms with Crippen molar-refractivity contribution in [2.24, 2.45) is 0 Å². The fraction of sp³-hybridized carbons (Fsp3) is 0.650. The van der Waals surface area contributed by atoms with Gasteiger partial charge in [0, 0.05) is 24.7 Å². The maximum Gasteiger partial charge on any atom is 0.274 e. The quantitative estimate of drug-likeness (QED) is 0.638. The fourth-order valence-electron chi connectivity index (χ4n) is 4.80. The molecule has 25 heavy (non-hydrogen) atoms. The van der Waals surface area contributed by atoms with Gasteiger partial charge in [0.15, 0.2) is 0 Å². The molecular formula is C20H28N2O3. The van der Waals surface area contributed by atoms with Crippen molar-refractivity contribution in [3.8, 4) is 5.75 Å². The number of fused-ring (bicyclic) bond motifs is 1. The van der Waals surface area contributed by atoms with Crippen LogP contribution in [0.4, 0.5) is 0 Å². The zero-order valence-electron chi connectivity index (χ0n) is 14.8. The lowest BCUT2D eigenvalue weighted by Crippen LogP contribution is -2.52. The van der Waals surface area contributed by atoms with Gasteiger partial charge in [-0.25, -0.2) is 5.48 Å². The molecule has 3 aliphatic rings. The number of hydrogen-bond acceptors (Lipinski definition) is 4. The van der Waals surface area contributed by atoms with Crippen molar-refractivity contribution < 1.29 is 14.7 Å². The lowest BCUT2D eigenvalue weighted by Gasteiger charge is -2.47. The Balaban J connectivity index is 1.44. The first-order valence-corrected chi connectivity index (χ1v) is 9.70. The highest BCUT2D eigenvalue weighted by Crippen LogP contribution is 2.40. The van der Waals surface area contributed by atoms with Gasteiger partial charge >= 0.3 is 0 Å². The van der Waals surface area contributed by atoms with Gasteiger partial charge in [0.1, 0.15) is 11.4 Å². The zero-order valence-corrected chi connectivity index (χ0v) is 14.8. The van der Waals surface area contributed by atoms with Gasteiger partial charge in [0.25, 0.3) is 5.91 Å². The molecule has 1 aliphatic carbocycles. The second-order valence-electron chi connectivity index (χ2n) is 7.88. The minimum Gasteiger partial charge on any atom is -0.487 e. The highest BCUT2D eigenvalue weighted by atomic mass is 16.5. The molecule has 1 aromatic rings. The Kier molecular flexibility index (Phi) is 4.69. The van der Waals surface area contributed by atoms with Crippen LogP contribution in [0.3, 0.4) is 0 Å². The lowest BCUT2D eigenvalue weighted by molar-refractivity contribution is -0.0284. The predicted molar refractivity (Wildman–Crippen MR) is 95.1 cm³/mol. The average molecular weight is 344 g/mol. The van der Waals surface area contributed by atoms with E-state index in [1.54, 1.807) is 17.6 Å². The molecule has 5 heteroatoms. The van der Waals surface area contributed by atoms with Crippen molar-refractivity contribution in [1.82, 2.24) is 10.4 Å². The molecule has 1 saturated carbocycles. The van der Waals surface area contributed by atoms with Crippen molar-refractivity contribution in [3.63, 3.8) is 0 Å². The summed E-state index contributed by atoms with van der Waals surface area (Å²) in [5.41, 5.74) is 3.23. The van der Waals surface area contributed by atoms with Crippen molar-refractivity contribution in [3.05, 3.63) is 29.3 Å². The molecule has 0 unspecified atom stereocenters. The van der Waals surface area contributed by atoms with E-state index < -0.39 is 5.91 Å². The Labute approximate surface area is 149 Å². The maximum absolute atomic E-state index is 11.7. The summed E-state index contributed by atoms with van der Waals surface area (Å²) in [6.07, 6.45) is 11.1. The third-order valence-electron chi connectivity index (χ3n) is 6.41. The third-order valence-corrected chi connectivity index (χ3v) is 6.41. The predicted octanol–water partition coefficient (Wildman–Crippen LogP) is 3.30. The SMILES string of the molecule is O=C(NO)c1ccc2c(c1)OC1(CC2)CCN(C2CCCCC2)CC1. The van der Waals surface area contributed by atoms with E-state index in [1.807, 2.05) is 6.07 Å². The standard InChI is InChI=1S/C20H28N2O3/c23-19(21-24)16-7-6-15-8-9-20(25-18(15)14-16)10-12-22(13-11-20)17-4-2-1-3-5-17/h6-7,14,17,24H,1-5,8-13H2,(H,21,23). The summed E-state index contributed by atoms with van der Waals surface area (Å²) in [5.74, 6) is 0.330. The van der Waals surface area contributed by atoms with Crippen molar-refractivity contribution in [2.45, 2.75) is 69.4 Å². The van der Waals surface area contributed by atoms with Crippen LogP contribution in [-0.2, 0) is 6.42 Å². The molecule has 2 heterocycles. The van der Waals surface area contributed by atoms with E-state index in [9.17, 15) is 4.79 Å². The number of ether oxygens (including phenoxy) is 1. The normalized spacial score (nSPS) is 23.7. The van der Waals surface area contributed by atoms with Crippen molar-refractivity contribution >= 4 is 5.91 Å². The number of likely N-dealkylation sites (tertiary alicyclic amines) is 1. The number of carbonyl (C=O) groups is 1. The van der Waals surface area contributed by atoms with Crippen LogP contribution in [0.5, 0.6) is 5.75 Å². The average Bonchev–Trinajstić information content (AvgIpc) is 2.68. The molecule has 0 radical (unpaired) electrons. The molecule has 2 fully saturated rings. The van der Waals surface area contributed by atoms with Gasteiger partial charge in [-0.2, -0.15) is 0 Å². The summed E-state index contributed by atoms with van der Waals surface area (Å²) < 4.78 is 6.44. The summed E-state index contributed by atoms with van der Waals surface area (Å²) in [6.45, 7) is 2.24. The first-order chi connectivity index (χ1) is 12.2. The second-order valence-corrected chi connectivity index (χ2v) is 7.88. The highest BCUT2D eigenvalue weighted by Gasteiger charge is 2.40. The van der Waals surface area contributed by atoms with E-state index in [4.69, 9.17) is 9.94 Å². The Morgan fingerprint density at radius 3 is 2.64 bits per heavy atom. The number of nitrogens with one attached hydrogen (secondary N) is 1. The minimum atomic E-state index is -0.488. The van der Waals surface area contributed by atoms with Crippen LogP contribution in [-0.4, -0.2) is 40.7 Å². The molecule has 1 spiro atoms. The summed E-state index contributed by atoms with van der Waals surface area (Å²) >= 11 is 0. The van der Waals surface area contributed by atoms with E-state index >= 15 is 0 Å². The van der Waals surface area contributed by atoms with Gasteiger partial charge in [0.2, 0.25) is 0 Å². The molecule has 0 atom stereocenters. The van der Waals surface area contributed by atoms with Crippen LogP contribution < -0.4 is 10.2 Å². The Hall–Kier alpha value is -1.59. The molecule has 2 aliphatic heterocycles. The van der Waals surface area contributed by atoms with E-state index in [1.165, 1.54) is 32.1 Å². The molecule has 0 bridgehead atoms. The molecule has 0 aromatic heterocycles. The zero-order chi connectivity index (χ0) is 17.3. The molecule has 2 N–H and O–H groups in total. The summed E-state index contributed by atoms with van der Waals surface area (Å²) in [4.78, 5) is 14.3. The number of hydrogen-bond donors (Lipinski definition) is 2. The number of piperidine rings is 1. The third kappa shape index (κ3) is 3.40. The summed E-state index contributed by atoms with van der Waals surface area (Å²) in [6, 6.07) is 6.25. The molecule has 5 nitrogen and oxygen atoms in total. The van der Waals surface area contributed by atoms with Crippen molar-refractivity contribution in [1.29, 1.82) is 0 Å². The first kappa shape index (κ1) is 16.9. The number of aryl methyl sites for hydroxylation is 1. The molecule has 4 rings (SSSR count). The van der Waals surface area contributed by atoms with Crippen LogP contribution in [0, 0.1) is 0 Å². The van der Waals surface area contributed by atoms with E-state index in [0.29, 0.717) is 5.56 Å². The van der Waals surface area contributed by atoms with Gasteiger partial charge in [-0.15, -0.1) is 0 Å². The van der Waals surface area contributed by atoms with Crippen LogP contribution >= 0.6 is 0 Å². The molecule has 1 amide bonds. The van der Waals surface area contributed by atoms with Gasteiger partial charge in [-0.1, -0.05) is 25.3 Å². The van der Waals surface area contributed by atoms with Crippen LogP contribution in [0.25, 0.3) is 0 Å². The Morgan fingerprint density at radius 2 is 1.92 bits per heavy atom. The van der Waals surface area contributed by atoms with Gasteiger partial charge in [0.05, 0.1) is 0 Å². The molecular weight excluding hydrogens is 316 g/mol. The van der Waals surface area contributed by atoms with Crippen LogP contribution in [0.2, 0.25) is 0 Å². The molecule has 1 aromatic carbocycles.